The van der Waals surface area contributed by atoms with Gasteiger partial charge in [0.15, 0.2) is 0 Å². The molecule has 5 nitrogen and oxygen atoms in total. The van der Waals surface area contributed by atoms with E-state index in [2.05, 4.69) is 4.74 Å². The van der Waals surface area contributed by atoms with E-state index in [1.807, 2.05) is 0 Å². The number of carbonyl (C=O) groups excluding carboxylic acids is 2. The van der Waals surface area contributed by atoms with Gasteiger partial charge in [-0.3, -0.25) is 9.59 Å². The standard InChI is InChI=1S/C16H17F6NO4/c17-15(18,19)12(11-4-2-1-3-5-11)10-13(24)27-9-8-26-7-6-23-14(25)16(20,21)22/h1-5,12H,6-10H2,(H,23,25)/t12-/m1/s1. The zero-order valence-electron chi connectivity index (χ0n) is 13.9. The number of ether oxygens (including phenoxy) is 2. The van der Waals surface area contributed by atoms with Gasteiger partial charge in [-0.1, -0.05) is 30.3 Å². The monoisotopic (exact) mass is 401 g/mol. The lowest BCUT2D eigenvalue weighted by Gasteiger charge is -2.20. The van der Waals surface area contributed by atoms with Crippen LogP contribution in [0.2, 0.25) is 0 Å². The molecule has 152 valence electrons. The summed E-state index contributed by atoms with van der Waals surface area (Å²) in [6, 6.07) is 6.90. The number of hydrogen-bond acceptors (Lipinski definition) is 4. The Balaban J connectivity index is 2.29. The third-order valence-corrected chi connectivity index (χ3v) is 3.25. The van der Waals surface area contributed by atoms with Crippen LogP contribution in [0.25, 0.3) is 0 Å². The van der Waals surface area contributed by atoms with Crippen molar-refractivity contribution in [3.63, 3.8) is 0 Å². The highest BCUT2D eigenvalue weighted by Gasteiger charge is 2.42. The lowest BCUT2D eigenvalue weighted by molar-refractivity contribution is -0.173. The predicted molar refractivity (Wildman–Crippen MR) is 80.7 cm³/mol. The van der Waals surface area contributed by atoms with Crippen molar-refractivity contribution in [1.82, 2.24) is 5.32 Å². The van der Waals surface area contributed by atoms with E-state index < -0.39 is 43.1 Å². The molecule has 1 amide bonds. The van der Waals surface area contributed by atoms with E-state index >= 15 is 0 Å². The van der Waals surface area contributed by atoms with Gasteiger partial charge in [0.1, 0.15) is 6.61 Å². The number of alkyl halides is 6. The number of nitrogens with one attached hydrogen (secondary N) is 1. The van der Waals surface area contributed by atoms with Gasteiger partial charge in [0.25, 0.3) is 0 Å². The third-order valence-electron chi connectivity index (χ3n) is 3.25. The molecule has 0 aliphatic rings. The maximum absolute atomic E-state index is 13.1. The molecule has 0 aromatic heterocycles. The molecule has 27 heavy (non-hydrogen) atoms. The topological polar surface area (TPSA) is 64.6 Å². The average Bonchev–Trinajstić information content (AvgIpc) is 2.57. The van der Waals surface area contributed by atoms with Crippen LogP contribution in [-0.2, 0) is 19.1 Å². The minimum absolute atomic E-state index is 0.0707. The summed E-state index contributed by atoms with van der Waals surface area (Å²) in [5.41, 5.74) is -0.0707. The molecule has 0 saturated carbocycles. The van der Waals surface area contributed by atoms with E-state index in [1.54, 1.807) is 11.4 Å². The van der Waals surface area contributed by atoms with Crippen LogP contribution in [0.3, 0.4) is 0 Å². The second-order valence-electron chi connectivity index (χ2n) is 5.30. The SMILES string of the molecule is O=C(C[C@H](c1ccccc1)C(F)(F)F)OCCOCCNC(=O)C(F)(F)F. The van der Waals surface area contributed by atoms with E-state index in [4.69, 9.17) is 4.74 Å². The Morgan fingerprint density at radius 1 is 0.963 bits per heavy atom. The van der Waals surface area contributed by atoms with Gasteiger partial charge < -0.3 is 14.8 Å². The molecule has 0 radical (unpaired) electrons. The van der Waals surface area contributed by atoms with Gasteiger partial charge >= 0.3 is 24.2 Å². The molecule has 0 aliphatic carbocycles. The molecule has 0 heterocycles. The van der Waals surface area contributed by atoms with E-state index in [0.717, 1.165) is 0 Å². The molecular weight excluding hydrogens is 384 g/mol. The van der Waals surface area contributed by atoms with Crippen LogP contribution < -0.4 is 5.32 Å². The number of carbonyl (C=O) groups is 2. The van der Waals surface area contributed by atoms with Crippen LogP contribution in [0.5, 0.6) is 0 Å². The maximum atomic E-state index is 13.1. The average molecular weight is 401 g/mol. The number of halogens is 6. The first kappa shape index (κ1) is 22.7. The number of rotatable bonds is 9. The molecular formula is C16H17F6NO4. The fourth-order valence-corrected chi connectivity index (χ4v) is 1.99. The molecule has 0 bridgehead atoms. The molecule has 0 unspecified atom stereocenters. The van der Waals surface area contributed by atoms with E-state index in [0.29, 0.717) is 0 Å². The highest BCUT2D eigenvalue weighted by Crippen LogP contribution is 2.37. The summed E-state index contributed by atoms with van der Waals surface area (Å²) in [7, 11) is 0. The largest absolute Gasteiger partial charge is 0.471 e. The summed E-state index contributed by atoms with van der Waals surface area (Å²) in [6.07, 6.45) is -10.5. The maximum Gasteiger partial charge on any atom is 0.471 e. The summed E-state index contributed by atoms with van der Waals surface area (Å²) in [4.78, 5) is 22.1. The Morgan fingerprint density at radius 3 is 2.15 bits per heavy atom. The highest BCUT2D eigenvalue weighted by atomic mass is 19.4. The molecule has 1 rings (SSSR count). The summed E-state index contributed by atoms with van der Waals surface area (Å²) >= 11 is 0. The molecule has 0 spiro atoms. The summed E-state index contributed by atoms with van der Waals surface area (Å²) in [5, 5.41) is 1.56. The van der Waals surface area contributed by atoms with Crippen molar-refractivity contribution in [3.05, 3.63) is 35.9 Å². The van der Waals surface area contributed by atoms with Gasteiger partial charge in [-0.15, -0.1) is 0 Å². The lowest BCUT2D eigenvalue weighted by Crippen LogP contribution is -2.38. The fourth-order valence-electron chi connectivity index (χ4n) is 1.99. The minimum Gasteiger partial charge on any atom is -0.463 e. The van der Waals surface area contributed by atoms with E-state index in [-0.39, 0.29) is 25.4 Å². The minimum atomic E-state index is -5.00. The molecule has 11 heteroatoms. The van der Waals surface area contributed by atoms with Gasteiger partial charge in [-0.2, -0.15) is 26.3 Å². The Labute approximate surface area is 150 Å². The van der Waals surface area contributed by atoms with Crippen molar-refractivity contribution in [2.24, 2.45) is 0 Å². The van der Waals surface area contributed by atoms with E-state index in [9.17, 15) is 35.9 Å². The van der Waals surface area contributed by atoms with Crippen LogP contribution in [0.4, 0.5) is 26.3 Å². The number of esters is 1. The van der Waals surface area contributed by atoms with Crippen LogP contribution in [0.1, 0.15) is 17.9 Å². The molecule has 1 aromatic rings. The Hall–Kier alpha value is -2.30. The fraction of sp³-hybridized carbons (Fsp3) is 0.500. The van der Waals surface area contributed by atoms with Crippen molar-refractivity contribution < 1.29 is 45.4 Å². The quantitative estimate of drug-likeness (QED) is 0.393. The lowest BCUT2D eigenvalue weighted by atomic mass is 9.95. The number of amides is 1. The second-order valence-corrected chi connectivity index (χ2v) is 5.30. The van der Waals surface area contributed by atoms with Crippen LogP contribution in [-0.4, -0.2) is 50.6 Å². The van der Waals surface area contributed by atoms with E-state index in [1.165, 1.54) is 24.3 Å². The smallest absolute Gasteiger partial charge is 0.463 e. The van der Waals surface area contributed by atoms with Crippen molar-refractivity contribution >= 4 is 11.9 Å². The Kier molecular flexibility index (Phi) is 8.54. The Morgan fingerprint density at radius 2 is 1.59 bits per heavy atom. The second kappa shape index (κ2) is 10.1. The molecule has 0 saturated heterocycles. The summed E-state index contributed by atoms with van der Waals surface area (Å²) in [6.45, 7) is -1.31. The molecule has 1 atom stereocenters. The molecule has 1 aromatic carbocycles. The van der Waals surface area contributed by atoms with Crippen molar-refractivity contribution in [2.75, 3.05) is 26.4 Å². The van der Waals surface area contributed by atoms with Gasteiger partial charge in [-0.05, 0) is 5.56 Å². The van der Waals surface area contributed by atoms with Gasteiger partial charge in [0, 0.05) is 6.54 Å². The zero-order chi connectivity index (χ0) is 20.5. The zero-order valence-corrected chi connectivity index (χ0v) is 13.9. The first-order chi connectivity index (χ1) is 12.5. The van der Waals surface area contributed by atoms with Gasteiger partial charge in [-0.25, -0.2) is 0 Å². The van der Waals surface area contributed by atoms with Crippen LogP contribution in [0.15, 0.2) is 30.3 Å². The number of hydrogen-bond donors (Lipinski definition) is 1. The first-order valence-corrected chi connectivity index (χ1v) is 7.72. The van der Waals surface area contributed by atoms with Gasteiger partial charge in [0.05, 0.1) is 25.6 Å². The van der Waals surface area contributed by atoms with Crippen molar-refractivity contribution in [1.29, 1.82) is 0 Å². The number of benzene rings is 1. The highest BCUT2D eigenvalue weighted by molar-refractivity contribution is 5.81. The van der Waals surface area contributed by atoms with Gasteiger partial charge in [0.2, 0.25) is 0 Å². The molecule has 0 fully saturated rings. The normalized spacial score (nSPS) is 13.1. The summed E-state index contributed by atoms with van der Waals surface area (Å²) < 4.78 is 84.4. The van der Waals surface area contributed by atoms with Crippen molar-refractivity contribution in [3.8, 4) is 0 Å². The Bertz CT molecular complexity index is 603. The molecule has 0 aliphatic heterocycles. The van der Waals surface area contributed by atoms with Crippen LogP contribution in [0, 0.1) is 0 Å². The first-order valence-electron chi connectivity index (χ1n) is 7.72. The summed E-state index contributed by atoms with van der Waals surface area (Å²) in [5.74, 6) is -5.21. The van der Waals surface area contributed by atoms with Crippen LogP contribution >= 0.6 is 0 Å². The van der Waals surface area contributed by atoms with Crippen molar-refractivity contribution in [2.45, 2.75) is 24.7 Å². The molecule has 1 N–H and O–H groups in total. The predicted octanol–water partition coefficient (Wildman–Crippen LogP) is 2.96. The third kappa shape index (κ3) is 8.76.